The largest absolute Gasteiger partial charge is 0.494 e. The van der Waals surface area contributed by atoms with Gasteiger partial charge in [0.2, 0.25) is 0 Å². The van der Waals surface area contributed by atoms with E-state index in [0.717, 1.165) is 22.9 Å². The lowest BCUT2D eigenvalue weighted by Crippen LogP contribution is -2.15. The Morgan fingerprint density at radius 3 is 2.41 bits per heavy atom. The lowest BCUT2D eigenvalue weighted by atomic mass is 10.2. The Hall–Kier alpha value is -3.74. The van der Waals surface area contributed by atoms with Crippen LogP contribution in [0, 0.1) is 0 Å². The highest BCUT2D eigenvalue weighted by Crippen LogP contribution is 2.33. The van der Waals surface area contributed by atoms with Crippen molar-refractivity contribution in [1.82, 2.24) is 4.98 Å². The van der Waals surface area contributed by atoms with Gasteiger partial charge in [0.25, 0.3) is 5.91 Å². The van der Waals surface area contributed by atoms with Crippen LogP contribution in [-0.2, 0) is 0 Å². The maximum Gasteiger partial charge on any atom is 0.274 e. The van der Waals surface area contributed by atoms with E-state index in [1.54, 1.807) is 30.5 Å². The van der Waals surface area contributed by atoms with Crippen LogP contribution >= 0.6 is 0 Å². The molecule has 0 atom stereocenters. The van der Waals surface area contributed by atoms with Gasteiger partial charge < -0.3 is 24.8 Å². The molecule has 1 aliphatic heterocycles. The maximum absolute atomic E-state index is 12.4. The third-order valence-electron chi connectivity index (χ3n) is 4.25. The summed E-state index contributed by atoms with van der Waals surface area (Å²) in [4.78, 5) is 16.6. The van der Waals surface area contributed by atoms with Gasteiger partial charge in [-0.1, -0.05) is 0 Å². The first-order chi connectivity index (χ1) is 14.2. The molecule has 0 bridgehead atoms. The molecule has 0 unspecified atom stereocenters. The van der Waals surface area contributed by atoms with Gasteiger partial charge in [0.05, 0.1) is 18.5 Å². The normalized spacial score (nSPS) is 12.2. The zero-order valence-corrected chi connectivity index (χ0v) is 16.0. The zero-order valence-electron chi connectivity index (χ0n) is 16.0. The van der Waals surface area contributed by atoms with E-state index in [9.17, 15) is 4.79 Å². The number of pyridine rings is 1. The smallest absolute Gasteiger partial charge is 0.274 e. The minimum absolute atomic E-state index is 0.278. The van der Waals surface area contributed by atoms with Crippen LogP contribution in [0.4, 0.5) is 17.1 Å². The number of rotatable bonds is 6. The van der Waals surface area contributed by atoms with E-state index in [1.807, 2.05) is 37.3 Å². The summed E-state index contributed by atoms with van der Waals surface area (Å²) < 4.78 is 16.5. The summed E-state index contributed by atoms with van der Waals surface area (Å²) in [6, 6.07) is 16.3. The fourth-order valence-electron chi connectivity index (χ4n) is 2.89. The van der Waals surface area contributed by atoms with Crippen molar-refractivity contribution in [1.29, 1.82) is 0 Å². The number of hydrogen-bond acceptors (Lipinski definition) is 6. The van der Waals surface area contributed by atoms with E-state index < -0.39 is 0 Å². The Morgan fingerprint density at radius 1 is 0.966 bits per heavy atom. The topological polar surface area (TPSA) is 81.7 Å². The molecule has 0 saturated heterocycles. The molecule has 3 aromatic rings. The molecular formula is C22H21N3O4. The molecule has 2 heterocycles. The molecule has 2 N–H and O–H groups in total. The van der Waals surface area contributed by atoms with Gasteiger partial charge in [-0.05, 0) is 55.5 Å². The first kappa shape index (κ1) is 18.6. The van der Waals surface area contributed by atoms with Crippen LogP contribution in [-0.4, -0.2) is 30.7 Å². The molecule has 1 amide bonds. The predicted octanol–water partition coefficient (Wildman–Crippen LogP) is 4.25. The highest BCUT2D eigenvalue weighted by Gasteiger charge is 2.12. The molecule has 0 saturated carbocycles. The molecule has 7 nitrogen and oxygen atoms in total. The lowest BCUT2D eigenvalue weighted by Gasteiger charge is -2.19. The summed E-state index contributed by atoms with van der Waals surface area (Å²) in [5, 5.41) is 6.07. The fraction of sp³-hybridized carbons (Fsp3) is 0.182. The molecule has 0 radical (unpaired) electrons. The Labute approximate surface area is 168 Å². The summed E-state index contributed by atoms with van der Waals surface area (Å²) >= 11 is 0. The summed E-state index contributed by atoms with van der Waals surface area (Å²) in [5.41, 5.74) is 2.62. The number of anilines is 3. The maximum atomic E-state index is 12.4. The molecule has 7 heteroatoms. The Morgan fingerprint density at radius 2 is 1.69 bits per heavy atom. The quantitative estimate of drug-likeness (QED) is 0.654. The molecule has 0 spiro atoms. The van der Waals surface area contributed by atoms with Gasteiger partial charge in [-0.25, -0.2) is 4.98 Å². The van der Waals surface area contributed by atoms with Gasteiger partial charge in [-0.2, -0.15) is 0 Å². The molecule has 1 aromatic heterocycles. The third-order valence-corrected chi connectivity index (χ3v) is 4.25. The van der Waals surface area contributed by atoms with E-state index in [4.69, 9.17) is 14.2 Å². The van der Waals surface area contributed by atoms with E-state index in [2.05, 4.69) is 15.6 Å². The van der Waals surface area contributed by atoms with Crippen LogP contribution in [0.3, 0.4) is 0 Å². The minimum atomic E-state index is -0.278. The number of benzene rings is 2. The van der Waals surface area contributed by atoms with Crippen molar-refractivity contribution in [3.63, 3.8) is 0 Å². The zero-order chi connectivity index (χ0) is 20.1. The van der Waals surface area contributed by atoms with Crippen molar-refractivity contribution in [3.8, 4) is 17.2 Å². The van der Waals surface area contributed by atoms with Crippen molar-refractivity contribution in [3.05, 3.63) is 66.5 Å². The van der Waals surface area contributed by atoms with E-state index in [-0.39, 0.29) is 5.91 Å². The van der Waals surface area contributed by atoms with Crippen LogP contribution in [0.2, 0.25) is 0 Å². The number of amides is 1. The molecule has 29 heavy (non-hydrogen) atoms. The average Bonchev–Trinajstić information content (AvgIpc) is 2.76. The first-order valence-electron chi connectivity index (χ1n) is 9.38. The number of carbonyl (C=O) groups excluding carboxylic acids is 1. The van der Waals surface area contributed by atoms with Crippen LogP contribution in [0.25, 0.3) is 0 Å². The number of ether oxygens (including phenoxy) is 3. The second-order valence-electron chi connectivity index (χ2n) is 6.33. The SMILES string of the molecule is CCOc1ccc(NC(=O)c2ccc(Nc3ccc4c(c3)OCCO4)cn2)cc1. The average molecular weight is 391 g/mol. The summed E-state index contributed by atoms with van der Waals surface area (Å²) in [6.07, 6.45) is 1.61. The number of nitrogens with zero attached hydrogens (tertiary/aromatic N) is 1. The van der Waals surface area contributed by atoms with Crippen molar-refractivity contribution in [2.45, 2.75) is 6.92 Å². The summed E-state index contributed by atoms with van der Waals surface area (Å²) in [6.45, 7) is 3.62. The fourth-order valence-corrected chi connectivity index (χ4v) is 2.89. The van der Waals surface area contributed by atoms with Gasteiger partial charge in [-0.3, -0.25) is 4.79 Å². The monoisotopic (exact) mass is 391 g/mol. The highest BCUT2D eigenvalue weighted by molar-refractivity contribution is 6.03. The Bertz CT molecular complexity index is 988. The number of carbonyl (C=O) groups is 1. The van der Waals surface area contributed by atoms with Crippen molar-refractivity contribution >= 4 is 23.0 Å². The second-order valence-corrected chi connectivity index (χ2v) is 6.33. The van der Waals surface area contributed by atoms with Gasteiger partial charge in [-0.15, -0.1) is 0 Å². The Balaban J connectivity index is 1.39. The standard InChI is InChI=1S/C22H21N3O4/c1-2-27-18-7-3-15(4-8-18)25-22(26)19-9-5-17(14-23-19)24-16-6-10-20-21(13-16)29-12-11-28-20/h3-10,13-14,24H,2,11-12H2,1H3,(H,25,26). The number of nitrogens with one attached hydrogen (secondary N) is 2. The molecule has 1 aliphatic rings. The minimum Gasteiger partial charge on any atom is -0.494 e. The van der Waals surface area contributed by atoms with Crippen LogP contribution in [0.1, 0.15) is 17.4 Å². The van der Waals surface area contributed by atoms with Gasteiger partial charge in [0.15, 0.2) is 11.5 Å². The first-order valence-corrected chi connectivity index (χ1v) is 9.38. The van der Waals surface area contributed by atoms with Crippen molar-refractivity contribution in [2.24, 2.45) is 0 Å². The number of aromatic nitrogens is 1. The van der Waals surface area contributed by atoms with E-state index in [0.29, 0.717) is 37.0 Å². The van der Waals surface area contributed by atoms with E-state index in [1.165, 1.54) is 0 Å². The van der Waals surface area contributed by atoms with Crippen molar-refractivity contribution in [2.75, 3.05) is 30.5 Å². The molecule has 4 rings (SSSR count). The van der Waals surface area contributed by atoms with Crippen molar-refractivity contribution < 1.29 is 19.0 Å². The molecule has 0 fully saturated rings. The van der Waals surface area contributed by atoms with Gasteiger partial charge >= 0.3 is 0 Å². The van der Waals surface area contributed by atoms with Crippen LogP contribution < -0.4 is 24.8 Å². The lowest BCUT2D eigenvalue weighted by molar-refractivity contribution is 0.102. The molecule has 0 aliphatic carbocycles. The molecular weight excluding hydrogens is 370 g/mol. The summed E-state index contributed by atoms with van der Waals surface area (Å²) in [5.74, 6) is 1.93. The number of hydrogen-bond donors (Lipinski definition) is 2. The van der Waals surface area contributed by atoms with E-state index >= 15 is 0 Å². The van der Waals surface area contributed by atoms with Crippen LogP contribution in [0.5, 0.6) is 17.2 Å². The van der Waals surface area contributed by atoms with Crippen LogP contribution in [0.15, 0.2) is 60.8 Å². The second kappa shape index (κ2) is 8.52. The van der Waals surface area contributed by atoms with Gasteiger partial charge in [0, 0.05) is 17.4 Å². The molecule has 148 valence electrons. The highest BCUT2D eigenvalue weighted by atomic mass is 16.6. The predicted molar refractivity (Wildman–Crippen MR) is 111 cm³/mol. The molecule has 2 aromatic carbocycles. The van der Waals surface area contributed by atoms with Gasteiger partial charge in [0.1, 0.15) is 24.7 Å². The summed E-state index contributed by atoms with van der Waals surface area (Å²) in [7, 11) is 0. The third kappa shape index (κ3) is 4.57. The number of fused-ring (bicyclic) bond motifs is 1. The Kier molecular flexibility index (Phi) is 5.47.